The maximum Gasteiger partial charge on any atom is 0.119 e. The summed E-state index contributed by atoms with van der Waals surface area (Å²) in [5.41, 5.74) is 8.36. The highest BCUT2D eigenvalue weighted by Gasteiger charge is 2.14. The zero-order valence-electron chi connectivity index (χ0n) is 11.8. The van der Waals surface area contributed by atoms with Gasteiger partial charge in [0.25, 0.3) is 0 Å². The van der Waals surface area contributed by atoms with E-state index < -0.39 is 0 Å². The van der Waals surface area contributed by atoms with Crippen LogP contribution in [0.5, 0.6) is 5.75 Å². The van der Waals surface area contributed by atoms with Crippen molar-refractivity contribution >= 4 is 15.9 Å². The number of aryl methyl sites for hydroxylation is 2. The molecule has 1 aromatic carbocycles. The molecule has 0 radical (unpaired) electrons. The third kappa shape index (κ3) is 4.62. The molecular formula is C15H24BrNO. The minimum Gasteiger partial charge on any atom is -0.494 e. The summed E-state index contributed by atoms with van der Waals surface area (Å²) >= 11 is 3.56. The standard InChI is InChI=1S/C15H24BrNO/c1-11-8-13(9-12(2)14(11)16)18-7-5-6-15(3,4)10-17/h8-9H,5-7,10,17H2,1-4H3. The van der Waals surface area contributed by atoms with Gasteiger partial charge in [-0.15, -0.1) is 0 Å². The molecule has 1 rings (SSSR count). The summed E-state index contributed by atoms with van der Waals surface area (Å²) in [6, 6.07) is 4.15. The van der Waals surface area contributed by atoms with E-state index in [9.17, 15) is 0 Å². The van der Waals surface area contributed by atoms with Crippen molar-refractivity contribution in [3.63, 3.8) is 0 Å². The Morgan fingerprint density at radius 2 is 1.78 bits per heavy atom. The smallest absolute Gasteiger partial charge is 0.119 e. The predicted molar refractivity (Wildman–Crippen MR) is 81.2 cm³/mol. The lowest BCUT2D eigenvalue weighted by Gasteiger charge is -2.22. The minimum atomic E-state index is 0.217. The van der Waals surface area contributed by atoms with Gasteiger partial charge in [0.2, 0.25) is 0 Å². The molecule has 102 valence electrons. The number of ether oxygens (including phenoxy) is 1. The van der Waals surface area contributed by atoms with E-state index in [1.165, 1.54) is 15.6 Å². The zero-order valence-corrected chi connectivity index (χ0v) is 13.4. The maximum atomic E-state index is 5.80. The molecule has 0 aliphatic heterocycles. The highest BCUT2D eigenvalue weighted by molar-refractivity contribution is 9.10. The Balaban J connectivity index is 2.45. The summed E-state index contributed by atoms with van der Waals surface area (Å²) in [5.74, 6) is 0.957. The van der Waals surface area contributed by atoms with Gasteiger partial charge in [0, 0.05) is 4.47 Å². The molecule has 0 fully saturated rings. The number of halogens is 1. The quantitative estimate of drug-likeness (QED) is 0.798. The first-order valence-corrected chi connectivity index (χ1v) is 7.24. The molecule has 0 heterocycles. The van der Waals surface area contributed by atoms with E-state index in [-0.39, 0.29) is 5.41 Å². The first kappa shape index (κ1) is 15.5. The van der Waals surface area contributed by atoms with Crippen LogP contribution in [0.3, 0.4) is 0 Å². The van der Waals surface area contributed by atoms with Gasteiger partial charge in [-0.3, -0.25) is 0 Å². The highest BCUT2D eigenvalue weighted by atomic mass is 79.9. The third-order valence-corrected chi connectivity index (χ3v) is 4.48. The Morgan fingerprint density at radius 1 is 1.22 bits per heavy atom. The van der Waals surface area contributed by atoms with Crippen molar-refractivity contribution in [2.24, 2.45) is 11.1 Å². The molecule has 0 amide bonds. The lowest BCUT2D eigenvalue weighted by Crippen LogP contribution is -2.23. The molecule has 0 unspecified atom stereocenters. The number of hydrogen-bond acceptors (Lipinski definition) is 2. The van der Waals surface area contributed by atoms with Gasteiger partial charge in [-0.25, -0.2) is 0 Å². The molecule has 0 saturated carbocycles. The largest absolute Gasteiger partial charge is 0.494 e. The van der Waals surface area contributed by atoms with Gasteiger partial charge in [0.1, 0.15) is 5.75 Å². The average molecular weight is 314 g/mol. The monoisotopic (exact) mass is 313 g/mol. The van der Waals surface area contributed by atoms with Crippen LogP contribution < -0.4 is 10.5 Å². The highest BCUT2D eigenvalue weighted by Crippen LogP contribution is 2.27. The molecule has 2 N–H and O–H groups in total. The average Bonchev–Trinajstić information content (AvgIpc) is 2.31. The summed E-state index contributed by atoms with van der Waals surface area (Å²) in [4.78, 5) is 0. The van der Waals surface area contributed by atoms with Crippen molar-refractivity contribution in [2.75, 3.05) is 13.2 Å². The van der Waals surface area contributed by atoms with Crippen LogP contribution in [0.4, 0.5) is 0 Å². The molecule has 0 saturated heterocycles. The number of rotatable bonds is 6. The van der Waals surface area contributed by atoms with Crippen LogP contribution in [-0.2, 0) is 0 Å². The molecule has 0 bridgehead atoms. The van der Waals surface area contributed by atoms with Gasteiger partial charge in [-0.05, 0) is 61.9 Å². The molecule has 0 aromatic heterocycles. The first-order valence-electron chi connectivity index (χ1n) is 6.45. The molecule has 0 spiro atoms. The van der Waals surface area contributed by atoms with Gasteiger partial charge < -0.3 is 10.5 Å². The van der Waals surface area contributed by atoms with E-state index >= 15 is 0 Å². The molecule has 1 aromatic rings. The Hall–Kier alpha value is -0.540. The molecule has 3 heteroatoms. The van der Waals surface area contributed by atoms with Crippen LogP contribution in [0, 0.1) is 19.3 Å². The fraction of sp³-hybridized carbons (Fsp3) is 0.600. The normalized spacial score (nSPS) is 11.7. The second-order valence-corrected chi connectivity index (χ2v) is 6.48. The molecule has 0 atom stereocenters. The number of benzene rings is 1. The summed E-state index contributed by atoms with van der Waals surface area (Å²) in [5, 5.41) is 0. The van der Waals surface area contributed by atoms with Crippen LogP contribution in [0.15, 0.2) is 16.6 Å². The van der Waals surface area contributed by atoms with E-state index in [4.69, 9.17) is 10.5 Å². The Bertz CT molecular complexity index is 378. The van der Waals surface area contributed by atoms with E-state index in [2.05, 4.69) is 55.8 Å². The van der Waals surface area contributed by atoms with Gasteiger partial charge in [-0.1, -0.05) is 29.8 Å². The fourth-order valence-corrected chi connectivity index (χ4v) is 2.06. The summed E-state index contributed by atoms with van der Waals surface area (Å²) in [6.07, 6.45) is 2.14. The van der Waals surface area contributed by atoms with Gasteiger partial charge in [0.15, 0.2) is 0 Å². The lowest BCUT2D eigenvalue weighted by atomic mass is 9.88. The molecular weight excluding hydrogens is 290 g/mol. The van der Waals surface area contributed by atoms with Crippen LogP contribution in [0.2, 0.25) is 0 Å². The lowest BCUT2D eigenvalue weighted by molar-refractivity contribution is 0.261. The minimum absolute atomic E-state index is 0.217. The van der Waals surface area contributed by atoms with E-state index in [1.54, 1.807) is 0 Å². The van der Waals surface area contributed by atoms with Crippen molar-refractivity contribution < 1.29 is 4.74 Å². The maximum absolute atomic E-state index is 5.80. The Kier molecular flexibility index (Phi) is 5.67. The Morgan fingerprint density at radius 3 is 2.28 bits per heavy atom. The third-order valence-electron chi connectivity index (χ3n) is 3.23. The zero-order chi connectivity index (χ0) is 13.8. The van der Waals surface area contributed by atoms with Gasteiger partial charge >= 0.3 is 0 Å². The van der Waals surface area contributed by atoms with Crippen molar-refractivity contribution in [1.82, 2.24) is 0 Å². The molecule has 2 nitrogen and oxygen atoms in total. The summed E-state index contributed by atoms with van der Waals surface area (Å²) in [7, 11) is 0. The Labute approximate surface area is 119 Å². The van der Waals surface area contributed by atoms with Crippen molar-refractivity contribution in [1.29, 1.82) is 0 Å². The van der Waals surface area contributed by atoms with E-state index in [1.807, 2.05) is 0 Å². The van der Waals surface area contributed by atoms with Crippen molar-refractivity contribution in [3.8, 4) is 5.75 Å². The van der Waals surface area contributed by atoms with Crippen molar-refractivity contribution in [3.05, 3.63) is 27.7 Å². The van der Waals surface area contributed by atoms with Gasteiger partial charge in [-0.2, -0.15) is 0 Å². The topological polar surface area (TPSA) is 35.2 Å². The van der Waals surface area contributed by atoms with Crippen LogP contribution >= 0.6 is 15.9 Å². The van der Waals surface area contributed by atoms with Crippen LogP contribution in [0.25, 0.3) is 0 Å². The number of nitrogens with two attached hydrogens (primary N) is 1. The van der Waals surface area contributed by atoms with E-state index in [0.717, 1.165) is 31.7 Å². The van der Waals surface area contributed by atoms with E-state index in [0.29, 0.717) is 0 Å². The molecule has 0 aliphatic carbocycles. The summed E-state index contributed by atoms with van der Waals surface area (Å²) in [6.45, 7) is 10.0. The van der Waals surface area contributed by atoms with Crippen molar-refractivity contribution in [2.45, 2.75) is 40.5 Å². The van der Waals surface area contributed by atoms with Crippen LogP contribution in [0.1, 0.15) is 37.8 Å². The second-order valence-electron chi connectivity index (χ2n) is 5.69. The molecule has 0 aliphatic rings. The molecule has 18 heavy (non-hydrogen) atoms. The van der Waals surface area contributed by atoms with Crippen LogP contribution in [-0.4, -0.2) is 13.2 Å². The first-order chi connectivity index (χ1) is 8.35. The summed E-state index contributed by atoms with van der Waals surface area (Å²) < 4.78 is 6.97. The number of hydrogen-bond donors (Lipinski definition) is 1. The second kappa shape index (κ2) is 6.58. The fourth-order valence-electron chi connectivity index (χ4n) is 1.83. The SMILES string of the molecule is Cc1cc(OCCCC(C)(C)CN)cc(C)c1Br. The van der Waals surface area contributed by atoms with Gasteiger partial charge in [0.05, 0.1) is 6.61 Å². The predicted octanol–water partition coefficient (Wildman–Crippen LogP) is 4.21.